The van der Waals surface area contributed by atoms with Crippen LogP contribution in [0.3, 0.4) is 0 Å². The van der Waals surface area contributed by atoms with Crippen LogP contribution in [0.4, 0.5) is 0 Å². The predicted molar refractivity (Wildman–Crippen MR) is 73.4 cm³/mol. The Kier molecular flexibility index (Phi) is 4.98. The molecule has 1 fully saturated rings. The monoisotopic (exact) mass is 277 g/mol. The van der Waals surface area contributed by atoms with Crippen molar-refractivity contribution in [1.82, 2.24) is 5.32 Å². The molecule has 5 nitrogen and oxygen atoms in total. The van der Waals surface area contributed by atoms with Crippen LogP contribution in [0.15, 0.2) is 24.3 Å². The van der Waals surface area contributed by atoms with Crippen molar-refractivity contribution in [2.45, 2.75) is 25.7 Å². The van der Waals surface area contributed by atoms with Gasteiger partial charge in [-0.2, -0.15) is 0 Å². The zero-order valence-electron chi connectivity index (χ0n) is 11.3. The van der Waals surface area contributed by atoms with Gasteiger partial charge in [0.2, 0.25) is 5.91 Å². The summed E-state index contributed by atoms with van der Waals surface area (Å²) in [6.45, 7) is 0.451. The van der Waals surface area contributed by atoms with E-state index in [9.17, 15) is 14.7 Å². The van der Waals surface area contributed by atoms with Gasteiger partial charge in [-0.3, -0.25) is 4.79 Å². The third-order valence-electron chi connectivity index (χ3n) is 3.44. The highest BCUT2D eigenvalue weighted by atomic mass is 16.5. The number of esters is 1. The van der Waals surface area contributed by atoms with Crippen LogP contribution in [0, 0.1) is 5.92 Å². The van der Waals surface area contributed by atoms with Gasteiger partial charge in [0.05, 0.1) is 12.1 Å². The number of phenols is 1. The largest absolute Gasteiger partial charge is 0.508 e. The van der Waals surface area contributed by atoms with Crippen molar-refractivity contribution in [2.75, 3.05) is 13.2 Å². The number of rotatable bonds is 5. The molecule has 5 heteroatoms. The summed E-state index contributed by atoms with van der Waals surface area (Å²) in [5, 5.41) is 12.0. The Morgan fingerprint density at radius 1 is 1.30 bits per heavy atom. The van der Waals surface area contributed by atoms with E-state index in [0.717, 1.165) is 25.7 Å². The molecular formula is C15H19NO4. The fourth-order valence-corrected chi connectivity index (χ4v) is 2.37. The number of ether oxygens (including phenoxy) is 1. The Morgan fingerprint density at radius 3 is 2.75 bits per heavy atom. The van der Waals surface area contributed by atoms with Crippen molar-refractivity contribution in [3.63, 3.8) is 0 Å². The molecule has 2 rings (SSSR count). The average Bonchev–Trinajstić information content (AvgIpc) is 2.97. The van der Waals surface area contributed by atoms with Crippen LogP contribution in [0.5, 0.6) is 5.75 Å². The molecule has 0 heterocycles. The molecule has 0 aliphatic heterocycles. The first kappa shape index (κ1) is 14.4. The van der Waals surface area contributed by atoms with Crippen molar-refractivity contribution in [2.24, 2.45) is 5.92 Å². The molecule has 0 saturated heterocycles. The van der Waals surface area contributed by atoms with Gasteiger partial charge in [-0.05, 0) is 31.0 Å². The standard InChI is InChI=1S/C15H19NO4/c17-13-7-3-6-12(10-13)15(19)20-9-8-16-14(18)11-4-1-2-5-11/h3,6-7,10-11,17H,1-2,4-5,8-9H2,(H,16,18). The third-order valence-corrected chi connectivity index (χ3v) is 3.44. The number of phenolic OH excluding ortho intramolecular Hbond substituents is 1. The smallest absolute Gasteiger partial charge is 0.338 e. The van der Waals surface area contributed by atoms with Crippen LogP contribution in [0.25, 0.3) is 0 Å². The molecule has 108 valence electrons. The van der Waals surface area contributed by atoms with Crippen molar-refractivity contribution in [3.05, 3.63) is 29.8 Å². The predicted octanol–water partition coefficient (Wildman–Crippen LogP) is 1.86. The lowest BCUT2D eigenvalue weighted by Gasteiger charge is -2.10. The van der Waals surface area contributed by atoms with E-state index in [4.69, 9.17) is 4.74 Å². The van der Waals surface area contributed by atoms with E-state index in [1.807, 2.05) is 0 Å². The molecule has 0 spiro atoms. The maximum Gasteiger partial charge on any atom is 0.338 e. The van der Waals surface area contributed by atoms with Gasteiger partial charge < -0.3 is 15.2 Å². The van der Waals surface area contributed by atoms with Gasteiger partial charge in [-0.15, -0.1) is 0 Å². The number of hydrogen-bond donors (Lipinski definition) is 2. The van der Waals surface area contributed by atoms with Crippen molar-refractivity contribution >= 4 is 11.9 Å². The number of benzene rings is 1. The molecule has 0 bridgehead atoms. The quantitative estimate of drug-likeness (QED) is 0.636. The molecule has 0 unspecified atom stereocenters. The van der Waals surface area contributed by atoms with E-state index >= 15 is 0 Å². The molecule has 1 amide bonds. The first-order valence-electron chi connectivity index (χ1n) is 6.90. The van der Waals surface area contributed by atoms with Crippen molar-refractivity contribution < 1.29 is 19.4 Å². The minimum Gasteiger partial charge on any atom is -0.508 e. The molecule has 1 aliphatic rings. The molecule has 1 aromatic carbocycles. The third kappa shape index (κ3) is 3.98. The van der Waals surface area contributed by atoms with E-state index in [0.29, 0.717) is 12.1 Å². The Balaban J connectivity index is 1.68. The summed E-state index contributed by atoms with van der Waals surface area (Å²) in [5.74, 6) is -0.308. The zero-order valence-corrected chi connectivity index (χ0v) is 11.3. The number of carbonyl (C=O) groups is 2. The summed E-state index contributed by atoms with van der Waals surface area (Å²) in [7, 11) is 0. The molecule has 0 atom stereocenters. The van der Waals surface area contributed by atoms with Gasteiger partial charge >= 0.3 is 5.97 Å². The molecule has 0 aromatic heterocycles. The summed E-state index contributed by atoms with van der Waals surface area (Å²) in [6, 6.07) is 5.98. The van der Waals surface area contributed by atoms with Crippen LogP contribution in [-0.4, -0.2) is 30.1 Å². The Labute approximate surface area is 117 Å². The van der Waals surface area contributed by atoms with Crippen LogP contribution in [0.1, 0.15) is 36.0 Å². The number of hydrogen-bond acceptors (Lipinski definition) is 4. The van der Waals surface area contributed by atoms with Crippen molar-refractivity contribution in [3.8, 4) is 5.75 Å². The lowest BCUT2D eigenvalue weighted by Crippen LogP contribution is -2.32. The maximum atomic E-state index is 11.7. The van der Waals surface area contributed by atoms with Crippen LogP contribution in [-0.2, 0) is 9.53 Å². The van der Waals surface area contributed by atoms with Gasteiger partial charge in [0.25, 0.3) is 0 Å². The summed E-state index contributed by atoms with van der Waals surface area (Å²) in [5.41, 5.74) is 0.298. The highest BCUT2D eigenvalue weighted by molar-refractivity contribution is 5.89. The number of aromatic hydroxyl groups is 1. The second-order valence-electron chi connectivity index (χ2n) is 4.96. The summed E-state index contributed by atoms with van der Waals surface area (Å²) >= 11 is 0. The normalized spacial score (nSPS) is 15.0. The van der Waals surface area contributed by atoms with Gasteiger partial charge in [-0.25, -0.2) is 4.79 Å². The minimum atomic E-state index is -0.504. The lowest BCUT2D eigenvalue weighted by molar-refractivity contribution is -0.124. The fraction of sp³-hybridized carbons (Fsp3) is 0.467. The van der Waals surface area contributed by atoms with E-state index in [1.54, 1.807) is 12.1 Å². The lowest BCUT2D eigenvalue weighted by atomic mass is 10.1. The second kappa shape index (κ2) is 6.93. The SMILES string of the molecule is O=C(OCCNC(=O)C1CCCC1)c1cccc(O)c1. The first-order valence-corrected chi connectivity index (χ1v) is 6.90. The summed E-state index contributed by atoms with van der Waals surface area (Å²) in [6.07, 6.45) is 4.14. The average molecular weight is 277 g/mol. The van der Waals surface area contributed by atoms with Crippen LogP contribution in [0.2, 0.25) is 0 Å². The fourth-order valence-electron chi connectivity index (χ4n) is 2.37. The van der Waals surface area contributed by atoms with Gasteiger partial charge in [-0.1, -0.05) is 18.9 Å². The topological polar surface area (TPSA) is 75.6 Å². The Bertz CT molecular complexity index is 481. The highest BCUT2D eigenvalue weighted by Gasteiger charge is 2.22. The molecule has 20 heavy (non-hydrogen) atoms. The van der Waals surface area contributed by atoms with E-state index < -0.39 is 5.97 Å². The number of nitrogens with one attached hydrogen (secondary N) is 1. The van der Waals surface area contributed by atoms with Gasteiger partial charge in [0.15, 0.2) is 0 Å². The zero-order chi connectivity index (χ0) is 14.4. The number of carbonyl (C=O) groups excluding carboxylic acids is 2. The van der Waals surface area contributed by atoms with E-state index in [2.05, 4.69) is 5.32 Å². The molecule has 1 saturated carbocycles. The van der Waals surface area contributed by atoms with Crippen LogP contribution < -0.4 is 5.32 Å². The van der Waals surface area contributed by atoms with Gasteiger partial charge in [0, 0.05) is 5.92 Å². The molecule has 1 aliphatic carbocycles. The minimum absolute atomic E-state index is 0.0222. The Hall–Kier alpha value is -2.04. The van der Waals surface area contributed by atoms with Gasteiger partial charge in [0.1, 0.15) is 12.4 Å². The van der Waals surface area contributed by atoms with E-state index in [1.165, 1.54) is 12.1 Å². The summed E-state index contributed by atoms with van der Waals surface area (Å²) in [4.78, 5) is 23.4. The van der Waals surface area contributed by atoms with Crippen molar-refractivity contribution in [1.29, 1.82) is 0 Å². The molecule has 1 aromatic rings. The second-order valence-corrected chi connectivity index (χ2v) is 4.96. The number of amides is 1. The Morgan fingerprint density at radius 2 is 2.05 bits per heavy atom. The van der Waals surface area contributed by atoms with Crippen LogP contribution >= 0.6 is 0 Å². The molecule has 0 radical (unpaired) electrons. The van der Waals surface area contributed by atoms with E-state index in [-0.39, 0.29) is 24.2 Å². The highest BCUT2D eigenvalue weighted by Crippen LogP contribution is 2.24. The molecule has 2 N–H and O–H groups in total. The molecular weight excluding hydrogens is 258 g/mol. The first-order chi connectivity index (χ1) is 9.66. The maximum absolute atomic E-state index is 11.7. The summed E-state index contributed by atoms with van der Waals surface area (Å²) < 4.78 is 5.03.